The molecule has 2 atom stereocenters. The Balaban J connectivity index is 2.44. The van der Waals surface area contributed by atoms with E-state index in [2.05, 4.69) is 5.32 Å². The molecule has 0 aromatic heterocycles. The molecular formula is C15H22BNO5. The monoisotopic (exact) mass is 307 g/mol. The van der Waals surface area contributed by atoms with Crippen molar-refractivity contribution in [1.82, 2.24) is 5.32 Å². The number of rotatable bonds is 9. The molecular weight excluding hydrogens is 285 g/mol. The third-order valence-electron chi connectivity index (χ3n) is 3.21. The van der Waals surface area contributed by atoms with E-state index in [0.717, 1.165) is 5.56 Å². The molecule has 0 radical (unpaired) electrons. The SMILES string of the molecule is CCC(CC(=O)O)OB(O)C(C)NC(=O)Cc1ccccc1. The third-order valence-corrected chi connectivity index (χ3v) is 3.21. The number of aliphatic carboxylic acids is 1. The van der Waals surface area contributed by atoms with Crippen LogP contribution in [0.1, 0.15) is 32.3 Å². The number of hydrogen-bond donors (Lipinski definition) is 3. The Morgan fingerprint density at radius 3 is 2.50 bits per heavy atom. The topological polar surface area (TPSA) is 95.9 Å². The van der Waals surface area contributed by atoms with Gasteiger partial charge in [-0.25, -0.2) is 0 Å². The first kappa shape index (κ1) is 18.2. The van der Waals surface area contributed by atoms with Crippen LogP contribution in [-0.4, -0.2) is 41.2 Å². The molecule has 0 saturated heterocycles. The fourth-order valence-corrected chi connectivity index (χ4v) is 1.96. The first-order valence-corrected chi connectivity index (χ1v) is 7.31. The fourth-order valence-electron chi connectivity index (χ4n) is 1.96. The van der Waals surface area contributed by atoms with Crippen LogP contribution in [0, 0.1) is 0 Å². The van der Waals surface area contributed by atoms with Crippen molar-refractivity contribution in [1.29, 1.82) is 0 Å². The molecule has 0 heterocycles. The Kier molecular flexibility index (Phi) is 7.63. The highest BCUT2D eigenvalue weighted by molar-refractivity contribution is 6.45. The van der Waals surface area contributed by atoms with Crippen LogP contribution in [0.4, 0.5) is 0 Å². The highest BCUT2D eigenvalue weighted by Gasteiger charge is 2.28. The van der Waals surface area contributed by atoms with Crippen molar-refractivity contribution in [2.24, 2.45) is 0 Å². The lowest BCUT2D eigenvalue weighted by atomic mass is 9.79. The van der Waals surface area contributed by atoms with Crippen molar-refractivity contribution in [3.05, 3.63) is 35.9 Å². The van der Waals surface area contributed by atoms with Crippen LogP contribution < -0.4 is 5.32 Å². The van der Waals surface area contributed by atoms with Crippen LogP contribution in [0.25, 0.3) is 0 Å². The third kappa shape index (κ3) is 6.73. The summed E-state index contributed by atoms with van der Waals surface area (Å²) in [4.78, 5) is 22.6. The molecule has 0 aliphatic rings. The molecule has 22 heavy (non-hydrogen) atoms. The summed E-state index contributed by atoms with van der Waals surface area (Å²) < 4.78 is 5.28. The maximum absolute atomic E-state index is 11.9. The van der Waals surface area contributed by atoms with Gasteiger partial charge in [0.25, 0.3) is 0 Å². The van der Waals surface area contributed by atoms with E-state index in [0.29, 0.717) is 6.42 Å². The van der Waals surface area contributed by atoms with E-state index in [1.807, 2.05) is 30.3 Å². The Morgan fingerprint density at radius 2 is 1.95 bits per heavy atom. The van der Waals surface area contributed by atoms with Gasteiger partial charge in [-0.1, -0.05) is 37.3 Å². The number of hydrogen-bond acceptors (Lipinski definition) is 4. The van der Waals surface area contributed by atoms with Gasteiger partial charge in [-0.3, -0.25) is 9.59 Å². The fraction of sp³-hybridized carbons (Fsp3) is 0.467. The Hall–Kier alpha value is -1.86. The van der Waals surface area contributed by atoms with Gasteiger partial charge in [0, 0.05) is 0 Å². The van der Waals surface area contributed by atoms with Crippen LogP contribution in [0.5, 0.6) is 0 Å². The standard InChI is InChI=1S/C15H22BNO5/c1-3-13(10-15(19)20)22-16(21)11(2)17-14(18)9-12-7-5-4-6-8-12/h4-8,11,13,21H,3,9-10H2,1-2H3,(H,17,18)(H,19,20). The van der Waals surface area contributed by atoms with Gasteiger partial charge in [0.2, 0.25) is 5.91 Å². The summed E-state index contributed by atoms with van der Waals surface area (Å²) in [6.45, 7) is 3.39. The molecule has 0 fully saturated rings. The van der Waals surface area contributed by atoms with Crippen LogP contribution in [0.2, 0.25) is 0 Å². The molecule has 0 aliphatic heterocycles. The summed E-state index contributed by atoms with van der Waals surface area (Å²) in [6.07, 6.45) is -0.0859. The average molecular weight is 307 g/mol. The number of benzene rings is 1. The van der Waals surface area contributed by atoms with Crippen molar-refractivity contribution >= 4 is 19.0 Å². The van der Waals surface area contributed by atoms with Gasteiger partial charge < -0.3 is 20.1 Å². The molecule has 120 valence electrons. The molecule has 0 saturated carbocycles. The number of carbonyl (C=O) groups excluding carboxylic acids is 1. The van der Waals surface area contributed by atoms with Crippen LogP contribution in [0.3, 0.4) is 0 Å². The van der Waals surface area contributed by atoms with Gasteiger partial charge >= 0.3 is 13.1 Å². The van der Waals surface area contributed by atoms with E-state index in [-0.39, 0.29) is 18.7 Å². The minimum atomic E-state index is -1.25. The van der Waals surface area contributed by atoms with Gasteiger partial charge in [-0.15, -0.1) is 0 Å². The number of nitrogens with one attached hydrogen (secondary N) is 1. The highest BCUT2D eigenvalue weighted by Crippen LogP contribution is 2.07. The van der Waals surface area contributed by atoms with E-state index in [1.165, 1.54) is 0 Å². The maximum Gasteiger partial charge on any atom is 0.478 e. The summed E-state index contributed by atoms with van der Waals surface area (Å²) in [5, 5.41) is 21.3. The van der Waals surface area contributed by atoms with Crippen molar-refractivity contribution in [3.63, 3.8) is 0 Å². The van der Waals surface area contributed by atoms with Crippen LogP contribution in [0.15, 0.2) is 30.3 Å². The summed E-state index contributed by atoms with van der Waals surface area (Å²) in [5.74, 6) is -1.84. The lowest BCUT2D eigenvalue weighted by molar-refractivity contribution is -0.139. The molecule has 0 aliphatic carbocycles. The maximum atomic E-state index is 11.9. The summed E-state index contributed by atoms with van der Waals surface area (Å²) in [7, 11) is -1.25. The minimum absolute atomic E-state index is 0.182. The number of carboxylic acid groups (broad SMARTS) is 1. The van der Waals surface area contributed by atoms with E-state index in [4.69, 9.17) is 9.76 Å². The molecule has 1 aromatic carbocycles. The van der Waals surface area contributed by atoms with E-state index in [9.17, 15) is 14.6 Å². The quantitative estimate of drug-likeness (QED) is 0.592. The van der Waals surface area contributed by atoms with E-state index in [1.54, 1.807) is 13.8 Å². The Bertz CT molecular complexity index is 482. The normalized spacial score (nSPS) is 13.2. The van der Waals surface area contributed by atoms with Gasteiger partial charge in [-0.2, -0.15) is 0 Å². The second-order valence-corrected chi connectivity index (χ2v) is 5.17. The van der Waals surface area contributed by atoms with Crippen molar-refractivity contribution in [2.45, 2.75) is 45.2 Å². The molecule has 0 spiro atoms. The molecule has 1 amide bonds. The molecule has 1 aromatic rings. The largest absolute Gasteiger partial charge is 0.481 e. The van der Waals surface area contributed by atoms with Gasteiger partial charge in [0.1, 0.15) is 0 Å². The summed E-state index contributed by atoms with van der Waals surface area (Å²) in [6, 6.07) is 9.26. The zero-order valence-corrected chi connectivity index (χ0v) is 12.9. The lowest BCUT2D eigenvalue weighted by Crippen LogP contribution is -2.48. The molecule has 1 rings (SSSR count). The van der Waals surface area contributed by atoms with Crippen molar-refractivity contribution in [3.8, 4) is 0 Å². The van der Waals surface area contributed by atoms with Gasteiger partial charge in [-0.05, 0) is 18.9 Å². The first-order valence-electron chi connectivity index (χ1n) is 7.31. The zero-order chi connectivity index (χ0) is 16.5. The molecule has 2 unspecified atom stereocenters. The molecule has 3 N–H and O–H groups in total. The van der Waals surface area contributed by atoms with Gasteiger partial charge in [0.05, 0.1) is 24.9 Å². The second kappa shape index (κ2) is 9.22. The molecule has 7 heteroatoms. The van der Waals surface area contributed by atoms with Crippen LogP contribution in [-0.2, 0) is 20.7 Å². The Morgan fingerprint density at radius 1 is 1.32 bits per heavy atom. The van der Waals surface area contributed by atoms with Crippen molar-refractivity contribution in [2.75, 3.05) is 0 Å². The van der Waals surface area contributed by atoms with E-state index >= 15 is 0 Å². The highest BCUT2D eigenvalue weighted by atomic mass is 16.5. The smallest absolute Gasteiger partial charge is 0.478 e. The second-order valence-electron chi connectivity index (χ2n) is 5.17. The number of carbonyl (C=O) groups is 2. The van der Waals surface area contributed by atoms with E-state index < -0.39 is 25.1 Å². The number of amides is 1. The lowest BCUT2D eigenvalue weighted by Gasteiger charge is -2.21. The Labute approximate surface area is 130 Å². The number of carboxylic acids is 1. The predicted molar refractivity (Wildman–Crippen MR) is 83.1 cm³/mol. The average Bonchev–Trinajstić information content (AvgIpc) is 2.46. The first-order chi connectivity index (χ1) is 10.4. The zero-order valence-electron chi connectivity index (χ0n) is 12.9. The predicted octanol–water partition coefficient (Wildman–Crippen LogP) is 1.02. The van der Waals surface area contributed by atoms with Gasteiger partial charge in [0.15, 0.2) is 0 Å². The molecule has 6 nitrogen and oxygen atoms in total. The molecule has 0 bridgehead atoms. The van der Waals surface area contributed by atoms with Crippen molar-refractivity contribution < 1.29 is 24.4 Å². The van der Waals surface area contributed by atoms with Crippen LogP contribution >= 0.6 is 0 Å². The summed E-state index contributed by atoms with van der Waals surface area (Å²) >= 11 is 0. The summed E-state index contributed by atoms with van der Waals surface area (Å²) in [5.41, 5.74) is 0.875. The minimum Gasteiger partial charge on any atom is -0.481 e.